The number of hydrogen-bond acceptors (Lipinski definition) is 3. The number of nitrogens with zero attached hydrogens (tertiary/aromatic N) is 2. The molecule has 1 heterocycles. The Morgan fingerprint density at radius 1 is 1.09 bits per heavy atom. The highest BCUT2D eigenvalue weighted by Gasteiger charge is 2.38. The minimum atomic E-state index is -2.47. The maximum atomic E-state index is 13.3. The first-order valence-electron chi connectivity index (χ1n) is 8.65. The third-order valence-electron chi connectivity index (χ3n) is 4.95. The van der Waals surface area contributed by atoms with E-state index >= 15 is 0 Å². The number of ether oxygens (including phenoxy) is 1. The molecule has 23 heavy (non-hydrogen) atoms. The van der Waals surface area contributed by atoms with Crippen LogP contribution in [0.3, 0.4) is 0 Å². The topological polar surface area (TPSA) is 32.8 Å². The number of alkyl halides is 2. The number of amides is 1. The summed E-state index contributed by atoms with van der Waals surface area (Å²) in [5.41, 5.74) is -0.474. The molecule has 4 nitrogen and oxygen atoms in total. The SMILES string of the molecule is CN(C1CCN(C(=O)OC(C)(C)C)CC1)C1CCC(F)(F)CC1. The van der Waals surface area contributed by atoms with E-state index in [4.69, 9.17) is 4.74 Å². The number of piperidine rings is 1. The average Bonchev–Trinajstić information content (AvgIpc) is 2.45. The molecule has 134 valence electrons. The molecule has 0 N–H and O–H groups in total. The van der Waals surface area contributed by atoms with Crippen LogP contribution < -0.4 is 0 Å². The van der Waals surface area contributed by atoms with Gasteiger partial charge in [-0.1, -0.05) is 0 Å². The van der Waals surface area contributed by atoms with Crippen molar-refractivity contribution in [3.05, 3.63) is 0 Å². The molecule has 0 radical (unpaired) electrons. The summed E-state index contributed by atoms with van der Waals surface area (Å²) in [5, 5.41) is 0. The van der Waals surface area contributed by atoms with E-state index in [9.17, 15) is 13.6 Å². The van der Waals surface area contributed by atoms with E-state index in [1.807, 2.05) is 27.8 Å². The summed E-state index contributed by atoms with van der Waals surface area (Å²) in [6.07, 6.45) is 2.63. The van der Waals surface area contributed by atoms with Crippen LogP contribution in [0.4, 0.5) is 13.6 Å². The fourth-order valence-corrected chi connectivity index (χ4v) is 3.51. The minimum absolute atomic E-state index is 0.00123. The van der Waals surface area contributed by atoms with Gasteiger partial charge in [0, 0.05) is 38.0 Å². The molecule has 0 spiro atoms. The van der Waals surface area contributed by atoms with E-state index in [0.717, 1.165) is 12.8 Å². The predicted molar refractivity (Wildman–Crippen MR) is 85.8 cm³/mol. The van der Waals surface area contributed by atoms with Crippen LogP contribution in [0.25, 0.3) is 0 Å². The van der Waals surface area contributed by atoms with Gasteiger partial charge in [0.25, 0.3) is 0 Å². The third kappa shape index (κ3) is 5.30. The van der Waals surface area contributed by atoms with Gasteiger partial charge >= 0.3 is 6.09 Å². The second-order valence-electron chi connectivity index (χ2n) is 7.95. The fourth-order valence-electron chi connectivity index (χ4n) is 3.51. The Balaban J connectivity index is 1.79. The van der Waals surface area contributed by atoms with Gasteiger partial charge < -0.3 is 14.5 Å². The molecule has 1 amide bonds. The maximum Gasteiger partial charge on any atom is 0.410 e. The van der Waals surface area contributed by atoms with Crippen LogP contribution in [-0.4, -0.2) is 59.6 Å². The first-order chi connectivity index (χ1) is 10.6. The molecule has 0 aromatic heterocycles. The van der Waals surface area contributed by atoms with Crippen LogP contribution in [0.1, 0.15) is 59.3 Å². The predicted octanol–water partition coefficient (Wildman–Crippen LogP) is 3.90. The Morgan fingerprint density at radius 3 is 2.04 bits per heavy atom. The molecule has 0 atom stereocenters. The van der Waals surface area contributed by atoms with Crippen molar-refractivity contribution in [3.8, 4) is 0 Å². The molecular weight excluding hydrogens is 302 g/mol. The number of halogens is 2. The molecule has 0 bridgehead atoms. The molecule has 2 fully saturated rings. The van der Waals surface area contributed by atoms with Gasteiger partial charge in [0.15, 0.2) is 0 Å². The van der Waals surface area contributed by atoms with Gasteiger partial charge in [0.1, 0.15) is 5.60 Å². The van der Waals surface area contributed by atoms with E-state index < -0.39 is 11.5 Å². The van der Waals surface area contributed by atoms with Gasteiger partial charge in [0.2, 0.25) is 5.92 Å². The second kappa shape index (κ2) is 6.91. The van der Waals surface area contributed by atoms with Crippen molar-refractivity contribution in [1.82, 2.24) is 9.80 Å². The lowest BCUT2D eigenvalue weighted by molar-refractivity contribution is -0.0581. The highest BCUT2D eigenvalue weighted by Crippen LogP contribution is 2.36. The summed E-state index contributed by atoms with van der Waals surface area (Å²) in [6, 6.07) is 0.609. The van der Waals surface area contributed by atoms with Gasteiger partial charge in [-0.25, -0.2) is 13.6 Å². The molecule has 0 aromatic carbocycles. The van der Waals surface area contributed by atoms with E-state index in [2.05, 4.69) is 4.90 Å². The average molecular weight is 332 g/mol. The molecule has 1 saturated carbocycles. The van der Waals surface area contributed by atoms with Crippen molar-refractivity contribution < 1.29 is 18.3 Å². The number of carbonyl (C=O) groups excluding carboxylic acids is 1. The molecule has 0 aromatic rings. The summed E-state index contributed by atoms with van der Waals surface area (Å²) in [7, 11) is 2.04. The molecular formula is C17H30F2N2O2. The van der Waals surface area contributed by atoms with Gasteiger partial charge in [-0.05, 0) is 53.5 Å². The normalized spacial score (nSPS) is 24.0. The number of carbonyl (C=O) groups is 1. The lowest BCUT2D eigenvalue weighted by atomic mass is 9.89. The summed E-state index contributed by atoms with van der Waals surface area (Å²) < 4.78 is 32.0. The van der Waals surface area contributed by atoms with Gasteiger partial charge in [-0.2, -0.15) is 0 Å². The maximum absolute atomic E-state index is 13.3. The lowest BCUT2D eigenvalue weighted by Crippen LogP contribution is -2.50. The van der Waals surface area contributed by atoms with Crippen molar-refractivity contribution in [1.29, 1.82) is 0 Å². The van der Waals surface area contributed by atoms with E-state index in [-0.39, 0.29) is 25.0 Å². The first-order valence-corrected chi connectivity index (χ1v) is 8.65. The summed E-state index contributed by atoms with van der Waals surface area (Å²) in [5.74, 6) is -2.47. The van der Waals surface area contributed by atoms with Crippen LogP contribution in [0.5, 0.6) is 0 Å². The third-order valence-corrected chi connectivity index (χ3v) is 4.95. The van der Waals surface area contributed by atoms with Crippen LogP contribution in [0, 0.1) is 0 Å². The number of rotatable bonds is 2. The zero-order valence-electron chi connectivity index (χ0n) is 14.8. The van der Waals surface area contributed by atoms with Gasteiger partial charge in [-0.15, -0.1) is 0 Å². The van der Waals surface area contributed by atoms with Gasteiger partial charge in [-0.3, -0.25) is 0 Å². The van der Waals surface area contributed by atoms with Crippen LogP contribution >= 0.6 is 0 Å². The first kappa shape index (κ1) is 18.4. The van der Waals surface area contributed by atoms with E-state index in [1.165, 1.54) is 0 Å². The smallest absolute Gasteiger partial charge is 0.410 e. The fraction of sp³-hybridized carbons (Fsp3) is 0.941. The molecule has 1 aliphatic heterocycles. The number of likely N-dealkylation sites (tertiary alicyclic amines) is 1. The van der Waals surface area contributed by atoms with Crippen LogP contribution in [0.2, 0.25) is 0 Å². The summed E-state index contributed by atoms with van der Waals surface area (Å²) >= 11 is 0. The molecule has 2 rings (SSSR count). The Bertz CT molecular complexity index is 405. The molecule has 2 aliphatic rings. The zero-order chi connectivity index (χ0) is 17.3. The van der Waals surface area contributed by atoms with Crippen molar-refractivity contribution in [2.45, 2.75) is 82.9 Å². The Labute approximate surface area is 138 Å². The van der Waals surface area contributed by atoms with Gasteiger partial charge in [0.05, 0.1) is 0 Å². The molecule has 1 saturated heterocycles. The quantitative estimate of drug-likeness (QED) is 0.769. The van der Waals surface area contributed by atoms with Crippen molar-refractivity contribution in [2.24, 2.45) is 0 Å². The Hall–Kier alpha value is -0.910. The highest BCUT2D eigenvalue weighted by atomic mass is 19.3. The van der Waals surface area contributed by atoms with Crippen molar-refractivity contribution >= 4 is 6.09 Å². The van der Waals surface area contributed by atoms with Crippen molar-refractivity contribution in [2.75, 3.05) is 20.1 Å². The molecule has 6 heteroatoms. The summed E-state index contributed by atoms with van der Waals surface area (Å²) in [6.45, 7) is 6.94. The zero-order valence-corrected chi connectivity index (χ0v) is 14.8. The molecule has 1 aliphatic carbocycles. The van der Waals surface area contributed by atoms with Crippen LogP contribution in [0.15, 0.2) is 0 Å². The molecule has 0 unspecified atom stereocenters. The Morgan fingerprint density at radius 2 is 1.57 bits per heavy atom. The summed E-state index contributed by atoms with van der Waals surface area (Å²) in [4.78, 5) is 16.1. The second-order valence-corrected chi connectivity index (χ2v) is 7.95. The monoisotopic (exact) mass is 332 g/mol. The standard InChI is InChI=1S/C17H30F2N2O2/c1-16(2,3)23-15(22)21-11-7-14(8-12-21)20(4)13-5-9-17(18,19)10-6-13/h13-14H,5-12H2,1-4H3. The van der Waals surface area contributed by atoms with E-state index in [1.54, 1.807) is 4.90 Å². The minimum Gasteiger partial charge on any atom is -0.444 e. The van der Waals surface area contributed by atoms with E-state index in [0.29, 0.717) is 32.0 Å². The van der Waals surface area contributed by atoms with Crippen molar-refractivity contribution in [3.63, 3.8) is 0 Å². The highest BCUT2D eigenvalue weighted by molar-refractivity contribution is 5.68. The largest absolute Gasteiger partial charge is 0.444 e. The number of hydrogen-bond donors (Lipinski definition) is 0. The lowest BCUT2D eigenvalue weighted by Gasteiger charge is -2.42. The Kier molecular flexibility index (Phi) is 5.54. The van der Waals surface area contributed by atoms with Crippen LogP contribution in [-0.2, 0) is 4.74 Å².